The molecule has 3 heterocycles. The Hall–Kier alpha value is -1.93. The number of carbonyl (C=O) groups is 1. The van der Waals surface area contributed by atoms with Gasteiger partial charge >= 0.3 is 5.69 Å². The third-order valence-corrected chi connectivity index (χ3v) is 5.87. The van der Waals surface area contributed by atoms with E-state index in [1.54, 1.807) is 18.6 Å². The van der Waals surface area contributed by atoms with Gasteiger partial charge in [0.05, 0.1) is 5.52 Å². The van der Waals surface area contributed by atoms with Crippen LogP contribution in [0.4, 0.5) is 0 Å². The molecule has 1 aliphatic rings. The fraction of sp³-hybridized carbons (Fsp3) is 0.611. The summed E-state index contributed by atoms with van der Waals surface area (Å²) in [5.41, 5.74) is -0.160. The summed E-state index contributed by atoms with van der Waals surface area (Å²) in [6, 6.07) is 1.94. The maximum absolute atomic E-state index is 12.9. The number of hydrogen-bond donors (Lipinski definition) is 0. The van der Waals surface area contributed by atoms with Crippen LogP contribution in [-0.2, 0) is 22.6 Å². The minimum atomic E-state index is -0.421. The van der Waals surface area contributed by atoms with Crippen molar-refractivity contribution >= 4 is 27.5 Å². The summed E-state index contributed by atoms with van der Waals surface area (Å²) in [6.45, 7) is 3.51. The van der Waals surface area contributed by atoms with Crippen LogP contribution in [0.3, 0.4) is 0 Å². The van der Waals surface area contributed by atoms with E-state index < -0.39 is 5.69 Å². The van der Waals surface area contributed by atoms with Crippen molar-refractivity contribution in [3.05, 3.63) is 32.3 Å². The molecule has 2 aromatic rings. The zero-order chi connectivity index (χ0) is 18.7. The van der Waals surface area contributed by atoms with Crippen LogP contribution in [0.2, 0.25) is 0 Å². The van der Waals surface area contributed by atoms with Crippen LogP contribution in [-0.4, -0.2) is 46.2 Å². The van der Waals surface area contributed by atoms with Gasteiger partial charge in [-0.25, -0.2) is 4.79 Å². The van der Waals surface area contributed by atoms with E-state index in [9.17, 15) is 14.4 Å². The molecular weight excluding hydrogens is 354 g/mol. The van der Waals surface area contributed by atoms with E-state index in [2.05, 4.69) is 0 Å². The van der Waals surface area contributed by atoms with Crippen LogP contribution >= 0.6 is 11.3 Å². The molecule has 0 radical (unpaired) electrons. The molecule has 0 bridgehead atoms. The van der Waals surface area contributed by atoms with Crippen molar-refractivity contribution in [3.8, 4) is 0 Å². The average molecular weight is 379 g/mol. The molecule has 1 amide bonds. The topological polar surface area (TPSA) is 73.5 Å². The van der Waals surface area contributed by atoms with Crippen LogP contribution in [0.1, 0.15) is 32.6 Å². The number of thiophene rings is 1. The summed E-state index contributed by atoms with van der Waals surface area (Å²) in [7, 11) is 1.59. The fourth-order valence-corrected chi connectivity index (χ4v) is 4.39. The molecule has 3 rings (SSSR count). The number of carbonyl (C=O) groups excluding carboxylic acids is 1. The zero-order valence-electron chi connectivity index (χ0n) is 15.3. The number of ether oxygens (including phenoxy) is 1. The number of methoxy groups -OCH3 is 1. The highest BCUT2D eigenvalue weighted by molar-refractivity contribution is 7.17. The van der Waals surface area contributed by atoms with Crippen molar-refractivity contribution in [1.29, 1.82) is 0 Å². The molecule has 1 unspecified atom stereocenters. The van der Waals surface area contributed by atoms with Crippen LogP contribution in [0.5, 0.6) is 0 Å². The SMILES string of the molecule is COCCCn1c(=O)c2sccc2n(CC(=O)N2CCCCC2C)c1=O. The number of fused-ring (bicyclic) bond motifs is 1. The van der Waals surface area contributed by atoms with E-state index in [4.69, 9.17) is 4.74 Å². The summed E-state index contributed by atoms with van der Waals surface area (Å²) in [5, 5.41) is 1.79. The third kappa shape index (κ3) is 3.61. The molecular formula is C18H25N3O4S. The Labute approximate surface area is 155 Å². The Bertz CT molecular complexity index is 898. The van der Waals surface area contributed by atoms with E-state index in [1.807, 2.05) is 11.8 Å². The Morgan fingerprint density at radius 2 is 2.12 bits per heavy atom. The highest BCUT2D eigenvalue weighted by atomic mass is 32.1. The lowest BCUT2D eigenvalue weighted by Crippen LogP contribution is -2.47. The first-order chi connectivity index (χ1) is 12.5. The summed E-state index contributed by atoms with van der Waals surface area (Å²) >= 11 is 1.30. The first-order valence-electron chi connectivity index (χ1n) is 9.04. The largest absolute Gasteiger partial charge is 0.385 e. The second-order valence-corrected chi connectivity index (χ2v) is 7.65. The summed E-state index contributed by atoms with van der Waals surface area (Å²) in [4.78, 5) is 40.2. The molecule has 26 heavy (non-hydrogen) atoms. The second-order valence-electron chi connectivity index (χ2n) is 6.74. The lowest BCUT2D eigenvalue weighted by molar-refractivity contribution is -0.135. The lowest BCUT2D eigenvalue weighted by Gasteiger charge is -2.33. The molecule has 0 saturated carbocycles. The van der Waals surface area contributed by atoms with Crippen molar-refractivity contribution in [1.82, 2.24) is 14.0 Å². The van der Waals surface area contributed by atoms with Gasteiger partial charge in [-0.15, -0.1) is 11.3 Å². The number of rotatable bonds is 6. The number of likely N-dealkylation sites (tertiary alicyclic amines) is 1. The average Bonchev–Trinajstić information content (AvgIpc) is 3.11. The second kappa shape index (κ2) is 8.18. The maximum Gasteiger partial charge on any atom is 0.332 e. The maximum atomic E-state index is 12.9. The normalized spacial score (nSPS) is 17.8. The zero-order valence-corrected chi connectivity index (χ0v) is 16.1. The first-order valence-corrected chi connectivity index (χ1v) is 9.91. The van der Waals surface area contributed by atoms with Gasteiger partial charge in [0, 0.05) is 32.8 Å². The van der Waals surface area contributed by atoms with Gasteiger partial charge in [-0.05, 0) is 44.1 Å². The Morgan fingerprint density at radius 1 is 1.31 bits per heavy atom. The Morgan fingerprint density at radius 3 is 2.85 bits per heavy atom. The van der Waals surface area contributed by atoms with Gasteiger partial charge in [0.2, 0.25) is 5.91 Å². The summed E-state index contributed by atoms with van der Waals surface area (Å²) < 4.78 is 8.21. The monoisotopic (exact) mass is 379 g/mol. The minimum Gasteiger partial charge on any atom is -0.385 e. The molecule has 2 aromatic heterocycles. The van der Waals surface area contributed by atoms with E-state index in [0.29, 0.717) is 23.2 Å². The molecule has 7 nitrogen and oxygen atoms in total. The van der Waals surface area contributed by atoms with E-state index in [-0.39, 0.29) is 30.6 Å². The molecule has 1 fully saturated rings. The molecule has 0 N–H and O–H groups in total. The van der Waals surface area contributed by atoms with Crippen molar-refractivity contribution in [2.45, 2.75) is 51.7 Å². The van der Waals surface area contributed by atoms with Gasteiger partial charge in [0.15, 0.2) is 0 Å². The number of piperidine rings is 1. The molecule has 0 aliphatic carbocycles. The number of aromatic nitrogens is 2. The van der Waals surface area contributed by atoms with Gasteiger partial charge in [0.1, 0.15) is 11.2 Å². The van der Waals surface area contributed by atoms with E-state index in [1.165, 1.54) is 20.5 Å². The number of hydrogen-bond acceptors (Lipinski definition) is 5. The molecule has 8 heteroatoms. The molecule has 0 spiro atoms. The van der Waals surface area contributed by atoms with Gasteiger partial charge in [-0.3, -0.25) is 18.7 Å². The highest BCUT2D eigenvalue weighted by Gasteiger charge is 2.25. The molecule has 1 aliphatic heterocycles. The van der Waals surface area contributed by atoms with Gasteiger partial charge in [0.25, 0.3) is 5.56 Å². The van der Waals surface area contributed by atoms with E-state index in [0.717, 1.165) is 25.8 Å². The van der Waals surface area contributed by atoms with Crippen LogP contribution in [0.25, 0.3) is 10.2 Å². The van der Waals surface area contributed by atoms with Crippen molar-refractivity contribution in [2.75, 3.05) is 20.3 Å². The third-order valence-electron chi connectivity index (χ3n) is 4.98. The van der Waals surface area contributed by atoms with Crippen molar-refractivity contribution < 1.29 is 9.53 Å². The van der Waals surface area contributed by atoms with Gasteiger partial charge in [-0.2, -0.15) is 0 Å². The van der Waals surface area contributed by atoms with Crippen LogP contribution in [0.15, 0.2) is 21.0 Å². The number of amides is 1. The van der Waals surface area contributed by atoms with Crippen molar-refractivity contribution in [2.24, 2.45) is 0 Å². The smallest absolute Gasteiger partial charge is 0.332 e. The minimum absolute atomic E-state index is 0.0268. The quantitative estimate of drug-likeness (QED) is 0.716. The summed E-state index contributed by atoms with van der Waals surface area (Å²) in [6.07, 6.45) is 3.68. The predicted octanol–water partition coefficient (Wildman–Crippen LogP) is 1.66. The molecule has 142 valence electrons. The number of nitrogens with zero attached hydrogens (tertiary/aromatic N) is 3. The van der Waals surface area contributed by atoms with Crippen molar-refractivity contribution in [3.63, 3.8) is 0 Å². The van der Waals surface area contributed by atoms with Crippen LogP contribution < -0.4 is 11.2 Å². The fourth-order valence-electron chi connectivity index (χ4n) is 3.54. The Kier molecular flexibility index (Phi) is 5.93. The van der Waals surface area contributed by atoms with E-state index >= 15 is 0 Å². The first kappa shape index (κ1) is 18.8. The molecule has 0 aromatic carbocycles. The highest BCUT2D eigenvalue weighted by Crippen LogP contribution is 2.19. The Balaban J connectivity index is 1.96. The summed E-state index contributed by atoms with van der Waals surface area (Å²) in [5.74, 6) is -0.0612. The standard InChI is InChI=1S/C18H25N3O4S/c1-13-6-3-4-8-19(13)15(22)12-21-14-7-11-26-16(14)17(23)20(18(21)24)9-5-10-25-2/h7,11,13H,3-6,8-10,12H2,1-2H3. The van der Waals surface area contributed by atoms with Gasteiger partial charge in [-0.1, -0.05) is 0 Å². The lowest BCUT2D eigenvalue weighted by atomic mass is 10.0. The molecule has 1 saturated heterocycles. The van der Waals surface area contributed by atoms with Gasteiger partial charge < -0.3 is 9.64 Å². The predicted molar refractivity (Wildman–Crippen MR) is 102 cm³/mol. The van der Waals surface area contributed by atoms with Crippen LogP contribution in [0, 0.1) is 0 Å². The molecule has 1 atom stereocenters.